The summed E-state index contributed by atoms with van der Waals surface area (Å²) in [4.78, 5) is 16.5. The number of benzene rings is 1. The second kappa shape index (κ2) is 6.29. The van der Waals surface area contributed by atoms with E-state index in [0.717, 1.165) is 11.4 Å². The largest absolute Gasteiger partial charge is 0.274 e. The first kappa shape index (κ1) is 14.2. The third kappa shape index (κ3) is 3.21. The molecule has 6 nitrogen and oxygen atoms in total. The van der Waals surface area contributed by atoms with E-state index in [2.05, 4.69) is 15.8 Å². The van der Waals surface area contributed by atoms with E-state index in [1.807, 2.05) is 38.1 Å². The van der Waals surface area contributed by atoms with Crippen LogP contribution < -0.4 is 5.48 Å². The van der Waals surface area contributed by atoms with E-state index in [1.165, 1.54) is 5.56 Å². The Morgan fingerprint density at radius 1 is 1.30 bits per heavy atom. The number of aromatic nitrogens is 3. The lowest BCUT2D eigenvalue weighted by atomic mass is 10.2. The second-order valence-corrected chi connectivity index (χ2v) is 4.50. The number of hydroxylamine groups is 1. The Labute approximate surface area is 117 Å². The molecule has 0 aliphatic rings. The normalized spacial score (nSPS) is 10.6. The van der Waals surface area contributed by atoms with Crippen LogP contribution in [-0.4, -0.2) is 27.5 Å². The number of hydrogen-bond donors (Lipinski definition) is 1. The van der Waals surface area contributed by atoms with Crippen LogP contribution in [0.5, 0.6) is 0 Å². The minimum absolute atomic E-state index is 0.150. The number of amides is 1. The van der Waals surface area contributed by atoms with Crippen LogP contribution in [0.1, 0.15) is 23.9 Å². The van der Waals surface area contributed by atoms with E-state index >= 15 is 0 Å². The van der Waals surface area contributed by atoms with Crippen LogP contribution >= 0.6 is 0 Å². The number of carbonyl (C=O) groups excluding carboxylic acids is 1. The van der Waals surface area contributed by atoms with Crippen molar-refractivity contribution in [1.82, 2.24) is 20.5 Å². The van der Waals surface area contributed by atoms with Crippen LogP contribution in [0.2, 0.25) is 0 Å². The second-order valence-electron chi connectivity index (χ2n) is 4.50. The Hall–Kier alpha value is -2.21. The van der Waals surface area contributed by atoms with Crippen molar-refractivity contribution in [2.45, 2.75) is 27.2 Å². The first-order chi connectivity index (χ1) is 9.61. The first-order valence-electron chi connectivity index (χ1n) is 6.50. The fourth-order valence-corrected chi connectivity index (χ4v) is 1.80. The van der Waals surface area contributed by atoms with E-state index < -0.39 is 0 Å². The summed E-state index contributed by atoms with van der Waals surface area (Å²) in [5.74, 6) is -0.231. The van der Waals surface area contributed by atoms with Crippen molar-refractivity contribution >= 4 is 5.91 Å². The quantitative estimate of drug-likeness (QED) is 0.839. The highest BCUT2D eigenvalue weighted by Gasteiger charge is 2.13. The van der Waals surface area contributed by atoms with Crippen LogP contribution in [0.15, 0.2) is 24.3 Å². The van der Waals surface area contributed by atoms with Crippen LogP contribution in [-0.2, 0) is 16.1 Å². The highest BCUT2D eigenvalue weighted by Crippen LogP contribution is 2.13. The summed E-state index contributed by atoms with van der Waals surface area (Å²) >= 11 is 0. The lowest BCUT2D eigenvalue weighted by molar-refractivity contribution is -0.132. The van der Waals surface area contributed by atoms with Crippen LogP contribution in [0.4, 0.5) is 0 Å². The molecule has 106 valence electrons. The van der Waals surface area contributed by atoms with Gasteiger partial charge in [-0.2, -0.15) is 0 Å². The zero-order valence-electron chi connectivity index (χ0n) is 11.9. The highest BCUT2D eigenvalue weighted by molar-refractivity contribution is 5.77. The lowest BCUT2D eigenvalue weighted by Gasteiger charge is -2.05. The maximum absolute atomic E-state index is 11.6. The predicted molar refractivity (Wildman–Crippen MR) is 74.3 cm³/mol. The van der Waals surface area contributed by atoms with Gasteiger partial charge in [-0.25, -0.2) is 10.2 Å². The van der Waals surface area contributed by atoms with E-state index in [1.54, 1.807) is 11.6 Å². The Morgan fingerprint density at radius 2 is 2.00 bits per heavy atom. The van der Waals surface area contributed by atoms with Crippen molar-refractivity contribution in [1.29, 1.82) is 0 Å². The number of hydrogen-bond acceptors (Lipinski definition) is 4. The van der Waals surface area contributed by atoms with Crippen LogP contribution in [0, 0.1) is 13.8 Å². The molecule has 0 saturated carbocycles. The zero-order chi connectivity index (χ0) is 14.5. The molecular formula is C14H18N4O2. The molecule has 1 heterocycles. The molecule has 1 aromatic carbocycles. The molecule has 0 radical (unpaired) electrons. The predicted octanol–water partition coefficient (Wildman–Crippen LogP) is 1.49. The molecule has 0 aliphatic heterocycles. The Kier molecular flexibility index (Phi) is 4.47. The molecule has 0 spiro atoms. The van der Waals surface area contributed by atoms with Crippen molar-refractivity contribution < 1.29 is 9.63 Å². The molecule has 1 amide bonds. The zero-order valence-corrected chi connectivity index (χ0v) is 11.9. The van der Waals surface area contributed by atoms with E-state index in [0.29, 0.717) is 12.3 Å². The molecule has 1 aromatic heterocycles. The third-order valence-electron chi connectivity index (χ3n) is 2.93. The third-order valence-corrected chi connectivity index (χ3v) is 2.93. The Bertz CT molecular complexity index is 590. The summed E-state index contributed by atoms with van der Waals surface area (Å²) in [5.41, 5.74) is 5.95. The molecule has 0 atom stereocenters. The van der Waals surface area contributed by atoms with Gasteiger partial charge in [-0.05, 0) is 32.9 Å². The summed E-state index contributed by atoms with van der Waals surface area (Å²) in [6.07, 6.45) is 0.150. The molecule has 20 heavy (non-hydrogen) atoms. The van der Waals surface area contributed by atoms with Gasteiger partial charge in [0.1, 0.15) is 0 Å². The number of nitrogens with one attached hydrogen (secondary N) is 1. The van der Waals surface area contributed by atoms with Crippen LogP contribution in [0.25, 0.3) is 5.69 Å². The van der Waals surface area contributed by atoms with Gasteiger partial charge in [0.15, 0.2) is 0 Å². The van der Waals surface area contributed by atoms with Gasteiger partial charge >= 0.3 is 0 Å². The summed E-state index contributed by atoms with van der Waals surface area (Å²) in [5, 5.41) is 8.15. The van der Waals surface area contributed by atoms with E-state index in [-0.39, 0.29) is 12.3 Å². The minimum atomic E-state index is -0.231. The molecule has 0 unspecified atom stereocenters. The first-order valence-corrected chi connectivity index (χ1v) is 6.50. The summed E-state index contributed by atoms with van der Waals surface area (Å²) in [7, 11) is 0. The average Bonchev–Trinajstić information content (AvgIpc) is 2.79. The van der Waals surface area contributed by atoms with Gasteiger partial charge in [-0.15, -0.1) is 5.10 Å². The molecule has 2 rings (SSSR count). The molecule has 0 bridgehead atoms. The van der Waals surface area contributed by atoms with Gasteiger partial charge in [0.2, 0.25) is 5.91 Å². The van der Waals surface area contributed by atoms with Gasteiger partial charge in [-0.1, -0.05) is 22.9 Å². The van der Waals surface area contributed by atoms with Crippen LogP contribution in [0.3, 0.4) is 0 Å². The molecule has 1 N–H and O–H groups in total. The minimum Gasteiger partial charge on any atom is -0.274 e. The summed E-state index contributed by atoms with van der Waals surface area (Å²) in [6.45, 7) is 6.16. The maximum Gasteiger partial charge on any atom is 0.249 e. The van der Waals surface area contributed by atoms with Gasteiger partial charge in [0, 0.05) is 0 Å². The van der Waals surface area contributed by atoms with Gasteiger partial charge < -0.3 is 0 Å². The smallest absolute Gasteiger partial charge is 0.249 e. The number of nitrogens with zero attached hydrogens (tertiary/aromatic N) is 3. The number of aryl methyl sites for hydroxylation is 1. The monoisotopic (exact) mass is 274 g/mol. The Balaban J connectivity index is 2.14. The highest BCUT2D eigenvalue weighted by atomic mass is 16.6. The molecule has 6 heteroatoms. The van der Waals surface area contributed by atoms with Crippen molar-refractivity contribution in [3.8, 4) is 5.69 Å². The van der Waals surface area contributed by atoms with Gasteiger partial charge in [-0.3, -0.25) is 9.63 Å². The van der Waals surface area contributed by atoms with Gasteiger partial charge in [0.25, 0.3) is 0 Å². The van der Waals surface area contributed by atoms with E-state index in [9.17, 15) is 4.79 Å². The standard InChI is InChI=1S/C14H18N4O2/c1-4-20-16-14(19)9-13-11(3)18(17-15-13)12-7-5-10(2)6-8-12/h5-8H,4,9H2,1-3H3,(H,16,19). The van der Waals surface area contributed by atoms with E-state index in [4.69, 9.17) is 4.84 Å². The van der Waals surface area contributed by atoms with Crippen molar-refractivity contribution in [3.63, 3.8) is 0 Å². The topological polar surface area (TPSA) is 69.0 Å². The fraction of sp³-hybridized carbons (Fsp3) is 0.357. The number of rotatable bonds is 5. The average molecular weight is 274 g/mol. The molecular weight excluding hydrogens is 256 g/mol. The summed E-state index contributed by atoms with van der Waals surface area (Å²) < 4.78 is 1.72. The molecule has 0 aliphatic carbocycles. The number of carbonyl (C=O) groups is 1. The van der Waals surface area contributed by atoms with Crippen molar-refractivity contribution in [2.24, 2.45) is 0 Å². The lowest BCUT2D eigenvalue weighted by Crippen LogP contribution is -2.25. The van der Waals surface area contributed by atoms with Crippen molar-refractivity contribution in [2.75, 3.05) is 6.61 Å². The maximum atomic E-state index is 11.6. The van der Waals surface area contributed by atoms with Crippen molar-refractivity contribution in [3.05, 3.63) is 41.2 Å². The SMILES string of the molecule is CCONC(=O)Cc1nnn(-c2ccc(C)cc2)c1C. The van der Waals surface area contributed by atoms with Gasteiger partial charge in [0.05, 0.1) is 30.1 Å². The molecule has 0 saturated heterocycles. The fourth-order valence-electron chi connectivity index (χ4n) is 1.80. The molecule has 2 aromatic rings. The Morgan fingerprint density at radius 3 is 2.65 bits per heavy atom. The summed E-state index contributed by atoms with van der Waals surface area (Å²) in [6, 6.07) is 7.97. The molecule has 0 fully saturated rings.